The first kappa shape index (κ1) is 16.1. The monoisotopic (exact) mass is 293 g/mol. The maximum absolute atomic E-state index is 12.1. The summed E-state index contributed by atoms with van der Waals surface area (Å²) >= 11 is 0. The maximum atomic E-state index is 12.1. The summed E-state index contributed by atoms with van der Waals surface area (Å²) in [5.74, 6) is 1.84. The highest BCUT2D eigenvalue weighted by molar-refractivity contribution is 5.77. The standard InChI is InChI=1S/C17H27NO3/c1-11-7-12-13(8-17(5,6)9-14(12)21-11)18-15(19)10-20-16(2,3)4/h7,13H,8-10H2,1-6H3,(H,18,19). The average Bonchev–Trinajstić information content (AvgIpc) is 2.64. The number of ether oxygens (including phenoxy) is 1. The van der Waals surface area contributed by atoms with Crippen molar-refractivity contribution in [2.24, 2.45) is 5.41 Å². The van der Waals surface area contributed by atoms with Crippen molar-refractivity contribution in [2.45, 2.75) is 66.0 Å². The van der Waals surface area contributed by atoms with Gasteiger partial charge in [0, 0.05) is 12.0 Å². The minimum Gasteiger partial charge on any atom is -0.466 e. The zero-order valence-electron chi connectivity index (χ0n) is 14.0. The number of aryl methyl sites for hydroxylation is 1. The first-order valence-corrected chi connectivity index (χ1v) is 7.58. The molecule has 0 saturated heterocycles. The van der Waals surface area contributed by atoms with Crippen molar-refractivity contribution in [3.63, 3.8) is 0 Å². The molecule has 1 unspecified atom stereocenters. The Bertz CT molecular complexity index is 523. The van der Waals surface area contributed by atoms with E-state index in [1.54, 1.807) is 0 Å². The molecular formula is C17H27NO3. The summed E-state index contributed by atoms with van der Waals surface area (Å²) in [6.07, 6.45) is 1.83. The summed E-state index contributed by atoms with van der Waals surface area (Å²) in [5.41, 5.74) is 0.941. The van der Waals surface area contributed by atoms with E-state index in [4.69, 9.17) is 9.15 Å². The van der Waals surface area contributed by atoms with Crippen LogP contribution in [-0.2, 0) is 16.0 Å². The molecule has 0 bridgehead atoms. The molecule has 1 atom stereocenters. The molecule has 0 saturated carbocycles. The Labute approximate surface area is 127 Å². The minimum absolute atomic E-state index is 0.0114. The number of hydrogen-bond acceptors (Lipinski definition) is 3. The number of hydrogen-bond donors (Lipinski definition) is 1. The Morgan fingerprint density at radius 3 is 2.76 bits per heavy atom. The highest BCUT2D eigenvalue weighted by Crippen LogP contribution is 2.41. The van der Waals surface area contributed by atoms with Crippen LogP contribution in [-0.4, -0.2) is 18.1 Å². The number of carbonyl (C=O) groups is 1. The molecule has 0 aromatic carbocycles. The predicted octanol–water partition coefficient (Wildman–Crippen LogP) is 3.53. The fourth-order valence-electron chi connectivity index (χ4n) is 2.83. The molecule has 1 aromatic rings. The van der Waals surface area contributed by atoms with Gasteiger partial charge < -0.3 is 14.5 Å². The van der Waals surface area contributed by atoms with Crippen LogP contribution in [0.1, 0.15) is 64.2 Å². The zero-order chi connectivity index (χ0) is 15.8. The third-order valence-electron chi connectivity index (χ3n) is 3.71. The topological polar surface area (TPSA) is 51.5 Å². The van der Waals surface area contributed by atoms with Crippen LogP contribution in [0.2, 0.25) is 0 Å². The van der Waals surface area contributed by atoms with Gasteiger partial charge in [-0.2, -0.15) is 0 Å². The molecule has 21 heavy (non-hydrogen) atoms. The molecule has 1 N–H and O–H groups in total. The van der Waals surface area contributed by atoms with Crippen LogP contribution in [0, 0.1) is 12.3 Å². The minimum atomic E-state index is -0.305. The van der Waals surface area contributed by atoms with Gasteiger partial charge in [-0.05, 0) is 45.6 Å². The number of nitrogens with one attached hydrogen (secondary N) is 1. The van der Waals surface area contributed by atoms with E-state index in [1.807, 2.05) is 33.8 Å². The molecule has 1 heterocycles. The largest absolute Gasteiger partial charge is 0.466 e. The average molecular weight is 293 g/mol. The van der Waals surface area contributed by atoms with E-state index in [2.05, 4.69) is 19.2 Å². The Morgan fingerprint density at radius 1 is 1.48 bits per heavy atom. The molecule has 2 rings (SSSR count). The van der Waals surface area contributed by atoms with E-state index in [1.165, 1.54) is 0 Å². The molecule has 0 fully saturated rings. The van der Waals surface area contributed by atoms with Crippen LogP contribution >= 0.6 is 0 Å². The van der Waals surface area contributed by atoms with Gasteiger partial charge in [-0.15, -0.1) is 0 Å². The summed E-state index contributed by atoms with van der Waals surface area (Å²) in [4.78, 5) is 12.1. The van der Waals surface area contributed by atoms with Crippen LogP contribution in [0.25, 0.3) is 0 Å². The van der Waals surface area contributed by atoms with Crippen molar-refractivity contribution in [2.75, 3.05) is 6.61 Å². The van der Waals surface area contributed by atoms with Crippen LogP contribution < -0.4 is 5.32 Å². The van der Waals surface area contributed by atoms with Crippen molar-refractivity contribution < 1.29 is 13.9 Å². The maximum Gasteiger partial charge on any atom is 0.246 e. The van der Waals surface area contributed by atoms with E-state index in [0.717, 1.165) is 29.9 Å². The number of fused-ring (bicyclic) bond motifs is 1. The van der Waals surface area contributed by atoms with Crippen LogP contribution in [0.3, 0.4) is 0 Å². The van der Waals surface area contributed by atoms with Gasteiger partial charge in [-0.25, -0.2) is 0 Å². The van der Waals surface area contributed by atoms with Gasteiger partial charge in [-0.3, -0.25) is 4.79 Å². The van der Waals surface area contributed by atoms with Gasteiger partial charge in [0.05, 0.1) is 11.6 Å². The highest BCUT2D eigenvalue weighted by Gasteiger charge is 2.35. The second-order valence-electron chi connectivity index (χ2n) is 7.80. The zero-order valence-corrected chi connectivity index (χ0v) is 14.0. The van der Waals surface area contributed by atoms with E-state index < -0.39 is 0 Å². The first-order chi connectivity index (χ1) is 9.56. The van der Waals surface area contributed by atoms with E-state index in [-0.39, 0.29) is 29.6 Å². The lowest BCUT2D eigenvalue weighted by molar-refractivity contribution is -0.131. The van der Waals surface area contributed by atoms with Gasteiger partial charge >= 0.3 is 0 Å². The third-order valence-corrected chi connectivity index (χ3v) is 3.71. The van der Waals surface area contributed by atoms with E-state index in [9.17, 15) is 4.79 Å². The summed E-state index contributed by atoms with van der Waals surface area (Å²) in [6, 6.07) is 2.05. The lowest BCUT2D eigenvalue weighted by Gasteiger charge is -2.34. The normalized spacial score (nSPS) is 21.0. The van der Waals surface area contributed by atoms with E-state index in [0.29, 0.717) is 0 Å². The molecule has 1 amide bonds. The first-order valence-electron chi connectivity index (χ1n) is 7.58. The quantitative estimate of drug-likeness (QED) is 0.927. The van der Waals surface area contributed by atoms with Gasteiger partial charge in [0.25, 0.3) is 0 Å². The predicted molar refractivity (Wildman–Crippen MR) is 82.1 cm³/mol. The molecule has 1 aliphatic rings. The molecular weight excluding hydrogens is 266 g/mol. The molecule has 4 nitrogen and oxygen atoms in total. The second-order valence-corrected chi connectivity index (χ2v) is 7.80. The van der Waals surface area contributed by atoms with Gasteiger partial charge in [-0.1, -0.05) is 13.8 Å². The Balaban J connectivity index is 2.07. The summed E-state index contributed by atoms with van der Waals surface area (Å²) in [7, 11) is 0. The number of amides is 1. The Kier molecular flexibility index (Phi) is 4.20. The van der Waals surface area contributed by atoms with E-state index >= 15 is 0 Å². The van der Waals surface area contributed by atoms with Crippen molar-refractivity contribution in [3.8, 4) is 0 Å². The Hall–Kier alpha value is -1.29. The van der Waals surface area contributed by atoms with Crippen molar-refractivity contribution in [1.29, 1.82) is 0 Å². The number of furan rings is 1. The Morgan fingerprint density at radius 2 is 2.14 bits per heavy atom. The molecule has 118 valence electrons. The molecule has 0 spiro atoms. The molecule has 0 radical (unpaired) electrons. The van der Waals surface area contributed by atoms with Gasteiger partial charge in [0.15, 0.2) is 0 Å². The van der Waals surface area contributed by atoms with Crippen LogP contribution in [0.4, 0.5) is 0 Å². The lowest BCUT2D eigenvalue weighted by atomic mass is 9.74. The van der Waals surface area contributed by atoms with Crippen molar-refractivity contribution in [1.82, 2.24) is 5.32 Å². The number of carbonyl (C=O) groups excluding carboxylic acids is 1. The smallest absolute Gasteiger partial charge is 0.246 e. The SMILES string of the molecule is Cc1cc2c(o1)CC(C)(C)CC2NC(=O)COC(C)(C)C. The summed E-state index contributed by atoms with van der Waals surface area (Å²) in [6.45, 7) is 12.3. The van der Waals surface area contributed by atoms with Gasteiger partial charge in [0.2, 0.25) is 5.91 Å². The second kappa shape index (κ2) is 5.48. The number of rotatable bonds is 3. The fraction of sp³-hybridized carbons (Fsp3) is 0.706. The summed E-state index contributed by atoms with van der Waals surface area (Å²) in [5, 5.41) is 3.09. The fourth-order valence-corrected chi connectivity index (χ4v) is 2.83. The lowest BCUT2D eigenvalue weighted by Crippen LogP contribution is -2.38. The molecule has 4 heteroatoms. The van der Waals surface area contributed by atoms with Crippen molar-refractivity contribution in [3.05, 3.63) is 23.2 Å². The highest BCUT2D eigenvalue weighted by atomic mass is 16.5. The van der Waals surface area contributed by atoms with Crippen molar-refractivity contribution >= 4 is 5.91 Å². The van der Waals surface area contributed by atoms with Crippen LogP contribution in [0.15, 0.2) is 10.5 Å². The summed E-state index contributed by atoms with van der Waals surface area (Å²) < 4.78 is 11.3. The van der Waals surface area contributed by atoms with Crippen LogP contribution in [0.5, 0.6) is 0 Å². The molecule has 1 aromatic heterocycles. The molecule has 0 aliphatic heterocycles. The van der Waals surface area contributed by atoms with Gasteiger partial charge in [0.1, 0.15) is 18.1 Å². The molecule has 1 aliphatic carbocycles. The third kappa shape index (κ3) is 4.34.